The first-order valence-corrected chi connectivity index (χ1v) is 4.78. The molecule has 0 aliphatic heterocycles. The smallest absolute Gasteiger partial charge is 0.234 e. The number of rotatable bonds is 3. The van der Waals surface area contributed by atoms with Gasteiger partial charge in [0.2, 0.25) is 5.91 Å². The number of nitrogens with one attached hydrogen (secondary N) is 1. The van der Waals surface area contributed by atoms with Gasteiger partial charge in [0.05, 0.1) is 5.75 Å². The lowest BCUT2D eigenvalue weighted by Crippen LogP contribution is -2.12. The molecule has 74 valence electrons. The number of anilines is 1. The fourth-order valence-corrected chi connectivity index (χ4v) is 1.07. The predicted octanol–water partition coefficient (Wildman–Crippen LogP) is 1.76. The van der Waals surface area contributed by atoms with E-state index < -0.39 is 0 Å². The lowest BCUT2D eigenvalue weighted by atomic mass is 10.1. The fourth-order valence-electron chi connectivity index (χ4n) is 0.989. The molecule has 0 bridgehead atoms. The molecule has 0 aromatic heterocycles. The Balaban J connectivity index is 2.73. The lowest BCUT2D eigenvalue weighted by Gasteiger charge is -2.03. The van der Waals surface area contributed by atoms with Crippen LogP contribution in [-0.4, -0.2) is 17.4 Å². The summed E-state index contributed by atoms with van der Waals surface area (Å²) in [6.45, 7) is 1.50. The minimum atomic E-state index is -0.163. The van der Waals surface area contributed by atoms with Crippen LogP contribution in [0, 0.1) is 0 Å². The van der Waals surface area contributed by atoms with Gasteiger partial charge in [0.15, 0.2) is 5.78 Å². The zero-order chi connectivity index (χ0) is 10.6. The Morgan fingerprint density at radius 1 is 1.29 bits per heavy atom. The van der Waals surface area contributed by atoms with Crippen molar-refractivity contribution in [3.8, 4) is 0 Å². The van der Waals surface area contributed by atoms with Crippen LogP contribution >= 0.6 is 12.6 Å². The van der Waals surface area contributed by atoms with Crippen LogP contribution in [0.4, 0.5) is 5.69 Å². The van der Waals surface area contributed by atoms with Crippen LogP contribution in [0.1, 0.15) is 17.3 Å². The molecule has 0 saturated carbocycles. The molecule has 1 rings (SSSR count). The lowest BCUT2D eigenvalue weighted by molar-refractivity contribution is -0.113. The first-order valence-electron chi connectivity index (χ1n) is 4.15. The van der Waals surface area contributed by atoms with Crippen molar-refractivity contribution in [2.45, 2.75) is 6.92 Å². The average molecular weight is 209 g/mol. The van der Waals surface area contributed by atoms with E-state index in [0.717, 1.165) is 0 Å². The van der Waals surface area contributed by atoms with Crippen LogP contribution in [0.15, 0.2) is 24.3 Å². The van der Waals surface area contributed by atoms with Gasteiger partial charge in [-0.1, -0.05) is 0 Å². The quantitative estimate of drug-likeness (QED) is 0.588. The number of amides is 1. The van der Waals surface area contributed by atoms with E-state index in [1.54, 1.807) is 24.3 Å². The number of thiol groups is 1. The van der Waals surface area contributed by atoms with Gasteiger partial charge in [0.1, 0.15) is 0 Å². The summed E-state index contributed by atoms with van der Waals surface area (Å²) < 4.78 is 0. The van der Waals surface area contributed by atoms with Crippen molar-refractivity contribution in [2.75, 3.05) is 11.1 Å². The maximum Gasteiger partial charge on any atom is 0.234 e. The minimum absolute atomic E-state index is 0.0112. The van der Waals surface area contributed by atoms with E-state index in [0.29, 0.717) is 11.3 Å². The molecule has 0 aliphatic carbocycles. The van der Waals surface area contributed by atoms with Gasteiger partial charge < -0.3 is 5.32 Å². The standard InChI is InChI=1S/C10H11NO2S/c1-7(12)8-2-4-9(5-3-8)11-10(13)6-14/h2-5,14H,6H2,1H3,(H,11,13). The van der Waals surface area contributed by atoms with Crippen molar-refractivity contribution in [1.82, 2.24) is 0 Å². The molecule has 14 heavy (non-hydrogen) atoms. The maximum absolute atomic E-state index is 10.9. The molecule has 0 aliphatic rings. The van der Waals surface area contributed by atoms with E-state index in [9.17, 15) is 9.59 Å². The molecule has 3 nitrogen and oxygen atoms in total. The van der Waals surface area contributed by atoms with Gasteiger partial charge in [-0.2, -0.15) is 12.6 Å². The van der Waals surface area contributed by atoms with Gasteiger partial charge in [0, 0.05) is 11.3 Å². The molecule has 4 heteroatoms. The van der Waals surface area contributed by atoms with Crippen LogP contribution in [0.2, 0.25) is 0 Å². The summed E-state index contributed by atoms with van der Waals surface area (Å²) >= 11 is 3.83. The van der Waals surface area contributed by atoms with Gasteiger partial charge in [-0.15, -0.1) is 0 Å². The van der Waals surface area contributed by atoms with E-state index in [-0.39, 0.29) is 17.4 Å². The third-order valence-electron chi connectivity index (χ3n) is 1.72. The summed E-state index contributed by atoms with van der Waals surface area (Å²) in [7, 11) is 0. The van der Waals surface area contributed by atoms with Gasteiger partial charge >= 0.3 is 0 Å². The highest BCUT2D eigenvalue weighted by molar-refractivity contribution is 7.81. The first-order chi connectivity index (χ1) is 6.63. The summed E-state index contributed by atoms with van der Waals surface area (Å²) in [6, 6.07) is 6.74. The highest BCUT2D eigenvalue weighted by Crippen LogP contribution is 2.09. The molecule has 0 atom stereocenters. The van der Waals surface area contributed by atoms with Crippen LogP contribution in [-0.2, 0) is 4.79 Å². The number of carbonyl (C=O) groups excluding carboxylic acids is 2. The Morgan fingerprint density at radius 2 is 1.86 bits per heavy atom. The summed E-state index contributed by atoms with van der Waals surface area (Å²) in [5, 5.41) is 2.63. The molecule has 0 saturated heterocycles. The second-order valence-corrected chi connectivity index (χ2v) is 3.16. The highest BCUT2D eigenvalue weighted by Gasteiger charge is 2.01. The van der Waals surface area contributed by atoms with Gasteiger partial charge in [-0.25, -0.2) is 0 Å². The molecule has 0 spiro atoms. The Hall–Kier alpha value is -1.29. The summed E-state index contributed by atoms with van der Waals surface area (Å²) in [4.78, 5) is 21.9. The third kappa shape index (κ3) is 2.88. The van der Waals surface area contributed by atoms with Crippen molar-refractivity contribution in [3.05, 3.63) is 29.8 Å². The van der Waals surface area contributed by atoms with Crippen molar-refractivity contribution in [3.63, 3.8) is 0 Å². The molecule has 0 unspecified atom stereocenters. The Morgan fingerprint density at radius 3 is 2.29 bits per heavy atom. The van der Waals surface area contributed by atoms with E-state index in [2.05, 4.69) is 17.9 Å². The van der Waals surface area contributed by atoms with Crippen molar-refractivity contribution >= 4 is 30.0 Å². The van der Waals surface area contributed by atoms with Crippen molar-refractivity contribution < 1.29 is 9.59 Å². The van der Waals surface area contributed by atoms with E-state index in [1.807, 2.05) is 0 Å². The van der Waals surface area contributed by atoms with Gasteiger partial charge in [-0.3, -0.25) is 9.59 Å². The van der Waals surface area contributed by atoms with Crippen molar-refractivity contribution in [1.29, 1.82) is 0 Å². The molecule has 1 N–H and O–H groups in total. The number of Topliss-reactive ketones (excluding diaryl/α,β-unsaturated/α-hetero) is 1. The SMILES string of the molecule is CC(=O)c1ccc(NC(=O)CS)cc1. The molecule has 0 radical (unpaired) electrons. The normalized spacial score (nSPS) is 9.57. The Bertz CT molecular complexity index is 346. The monoisotopic (exact) mass is 209 g/mol. The third-order valence-corrected chi connectivity index (χ3v) is 2.01. The summed E-state index contributed by atoms with van der Waals surface area (Å²) in [5.74, 6) is -0.00459. The van der Waals surface area contributed by atoms with Gasteiger partial charge in [0.25, 0.3) is 0 Å². The summed E-state index contributed by atoms with van der Waals surface area (Å²) in [5.41, 5.74) is 1.31. The van der Waals surface area contributed by atoms with Crippen LogP contribution in [0.5, 0.6) is 0 Å². The predicted molar refractivity (Wildman–Crippen MR) is 58.9 cm³/mol. The molecular formula is C10H11NO2S. The number of hydrogen-bond acceptors (Lipinski definition) is 3. The average Bonchev–Trinajstić information content (AvgIpc) is 2.18. The molecule has 1 aromatic rings. The largest absolute Gasteiger partial charge is 0.325 e. The number of ketones is 1. The van der Waals surface area contributed by atoms with E-state index in [1.165, 1.54) is 6.92 Å². The van der Waals surface area contributed by atoms with Crippen molar-refractivity contribution in [2.24, 2.45) is 0 Å². The maximum atomic E-state index is 10.9. The fraction of sp³-hybridized carbons (Fsp3) is 0.200. The molecule has 1 aromatic carbocycles. The second-order valence-electron chi connectivity index (χ2n) is 2.84. The van der Waals surface area contributed by atoms with E-state index in [4.69, 9.17) is 0 Å². The van der Waals surface area contributed by atoms with Crippen LogP contribution in [0.25, 0.3) is 0 Å². The highest BCUT2D eigenvalue weighted by atomic mass is 32.1. The Labute approximate surface area is 87.9 Å². The number of benzene rings is 1. The molecule has 1 amide bonds. The van der Waals surface area contributed by atoms with Gasteiger partial charge in [-0.05, 0) is 31.2 Å². The summed E-state index contributed by atoms with van der Waals surface area (Å²) in [6.07, 6.45) is 0. The second kappa shape index (κ2) is 4.81. The molecular weight excluding hydrogens is 198 g/mol. The number of carbonyl (C=O) groups is 2. The topological polar surface area (TPSA) is 46.2 Å². The first kappa shape index (κ1) is 10.8. The zero-order valence-corrected chi connectivity index (χ0v) is 8.67. The number of hydrogen-bond donors (Lipinski definition) is 2. The molecule has 0 fully saturated rings. The minimum Gasteiger partial charge on any atom is -0.325 e. The van der Waals surface area contributed by atoms with E-state index >= 15 is 0 Å². The molecule has 0 heterocycles. The Kier molecular flexibility index (Phi) is 3.71. The zero-order valence-electron chi connectivity index (χ0n) is 7.78. The van der Waals surface area contributed by atoms with Crippen LogP contribution in [0.3, 0.4) is 0 Å². The van der Waals surface area contributed by atoms with Crippen LogP contribution < -0.4 is 5.32 Å².